The van der Waals surface area contributed by atoms with Crippen molar-refractivity contribution in [3.8, 4) is 0 Å². The largest absolute Gasteiger partial charge is 0.302 e. The van der Waals surface area contributed by atoms with Gasteiger partial charge >= 0.3 is 0 Å². The Morgan fingerprint density at radius 2 is 2.27 bits per heavy atom. The van der Waals surface area contributed by atoms with E-state index in [1.165, 1.54) is 0 Å². The first-order valence-electron chi connectivity index (χ1n) is 3.39. The zero-order valence-corrected chi connectivity index (χ0v) is 6.90. The SMILES string of the molecule is Cn1nncc1C(C)(C)C=O. The molecule has 1 aromatic heterocycles. The van der Waals surface area contributed by atoms with E-state index in [0.717, 1.165) is 12.0 Å². The van der Waals surface area contributed by atoms with Crippen molar-refractivity contribution in [1.82, 2.24) is 15.0 Å². The van der Waals surface area contributed by atoms with Gasteiger partial charge in [-0.1, -0.05) is 5.21 Å². The van der Waals surface area contributed by atoms with Gasteiger partial charge in [-0.05, 0) is 13.8 Å². The third-order valence-electron chi connectivity index (χ3n) is 1.67. The van der Waals surface area contributed by atoms with E-state index in [0.29, 0.717) is 0 Å². The summed E-state index contributed by atoms with van der Waals surface area (Å²) < 4.78 is 1.61. The molecule has 0 aliphatic heterocycles. The molecular weight excluding hydrogens is 142 g/mol. The summed E-state index contributed by atoms with van der Waals surface area (Å²) in [4.78, 5) is 10.6. The molecule has 0 fully saturated rings. The van der Waals surface area contributed by atoms with Crippen LogP contribution in [-0.2, 0) is 17.3 Å². The van der Waals surface area contributed by atoms with E-state index >= 15 is 0 Å². The number of aryl methyl sites for hydroxylation is 1. The first kappa shape index (κ1) is 7.91. The summed E-state index contributed by atoms with van der Waals surface area (Å²) in [6.45, 7) is 3.66. The fourth-order valence-corrected chi connectivity index (χ4v) is 0.933. The fourth-order valence-electron chi connectivity index (χ4n) is 0.933. The normalized spacial score (nSPS) is 11.5. The van der Waals surface area contributed by atoms with Crippen LogP contribution in [0.15, 0.2) is 6.20 Å². The summed E-state index contributed by atoms with van der Waals surface area (Å²) in [6.07, 6.45) is 2.50. The summed E-state index contributed by atoms with van der Waals surface area (Å²) in [5.74, 6) is 0. The number of aldehydes is 1. The highest BCUT2D eigenvalue weighted by atomic mass is 16.1. The maximum Gasteiger partial charge on any atom is 0.131 e. The summed E-state index contributed by atoms with van der Waals surface area (Å²) >= 11 is 0. The lowest BCUT2D eigenvalue weighted by atomic mass is 9.92. The molecule has 0 atom stereocenters. The molecule has 0 aliphatic rings. The molecule has 0 radical (unpaired) electrons. The van der Waals surface area contributed by atoms with Gasteiger partial charge in [0.05, 0.1) is 17.3 Å². The van der Waals surface area contributed by atoms with Gasteiger partial charge in [-0.3, -0.25) is 4.68 Å². The van der Waals surface area contributed by atoms with Crippen LogP contribution in [0.3, 0.4) is 0 Å². The molecule has 60 valence electrons. The number of hydrogen-bond acceptors (Lipinski definition) is 3. The third-order valence-corrected chi connectivity index (χ3v) is 1.67. The maximum atomic E-state index is 10.6. The molecule has 11 heavy (non-hydrogen) atoms. The fraction of sp³-hybridized carbons (Fsp3) is 0.571. The van der Waals surface area contributed by atoms with Gasteiger partial charge in [0.25, 0.3) is 0 Å². The number of rotatable bonds is 2. The molecule has 1 heterocycles. The van der Waals surface area contributed by atoms with Crippen LogP contribution in [0.5, 0.6) is 0 Å². The second-order valence-electron chi connectivity index (χ2n) is 3.08. The van der Waals surface area contributed by atoms with Crippen molar-refractivity contribution in [1.29, 1.82) is 0 Å². The van der Waals surface area contributed by atoms with Gasteiger partial charge in [0.15, 0.2) is 0 Å². The Kier molecular flexibility index (Phi) is 1.76. The number of hydrogen-bond donors (Lipinski definition) is 0. The molecule has 0 N–H and O–H groups in total. The summed E-state index contributed by atoms with van der Waals surface area (Å²) in [5, 5.41) is 7.43. The molecule has 0 aliphatic carbocycles. The highest BCUT2D eigenvalue weighted by molar-refractivity contribution is 5.65. The monoisotopic (exact) mass is 153 g/mol. The molecule has 0 spiro atoms. The van der Waals surface area contributed by atoms with Crippen molar-refractivity contribution < 1.29 is 4.79 Å². The van der Waals surface area contributed by atoms with Crippen LogP contribution >= 0.6 is 0 Å². The van der Waals surface area contributed by atoms with Crippen LogP contribution in [0.2, 0.25) is 0 Å². The van der Waals surface area contributed by atoms with E-state index < -0.39 is 5.41 Å². The Morgan fingerprint density at radius 1 is 1.64 bits per heavy atom. The Bertz CT molecular complexity index is 264. The van der Waals surface area contributed by atoms with E-state index in [2.05, 4.69) is 10.3 Å². The van der Waals surface area contributed by atoms with E-state index in [4.69, 9.17) is 0 Å². The molecule has 4 nitrogen and oxygen atoms in total. The molecule has 0 amide bonds. The molecule has 1 rings (SSSR count). The number of carbonyl (C=O) groups excluding carboxylic acids is 1. The quantitative estimate of drug-likeness (QED) is 0.574. The van der Waals surface area contributed by atoms with Gasteiger partial charge in [0.1, 0.15) is 6.29 Å². The van der Waals surface area contributed by atoms with Gasteiger partial charge < -0.3 is 4.79 Å². The van der Waals surface area contributed by atoms with Crippen molar-refractivity contribution >= 4 is 6.29 Å². The highest BCUT2D eigenvalue weighted by Crippen LogP contribution is 2.17. The molecule has 4 heteroatoms. The van der Waals surface area contributed by atoms with Gasteiger partial charge in [0, 0.05) is 7.05 Å². The number of aromatic nitrogens is 3. The predicted octanol–water partition coefficient (Wildman–Crippen LogP) is 0.292. The molecule has 1 aromatic rings. The van der Waals surface area contributed by atoms with Gasteiger partial charge in [-0.15, -0.1) is 5.10 Å². The van der Waals surface area contributed by atoms with Gasteiger partial charge in [-0.25, -0.2) is 0 Å². The summed E-state index contributed by atoms with van der Waals surface area (Å²) in [7, 11) is 1.77. The summed E-state index contributed by atoms with van der Waals surface area (Å²) in [6, 6.07) is 0. The molecule has 0 saturated heterocycles. The molecule has 0 bridgehead atoms. The second kappa shape index (κ2) is 2.45. The number of carbonyl (C=O) groups is 1. The third kappa shape index (κ3) is 1.29. The van der Waals surface area contributed by atoms with Crippen LogP contribution < -0.4 is 0 Å². The minimum atomic E-state index is -0.488. The van der Waals surface area contributed by atoms with Gasteiger partial charge in [-0.2, -0.15) is 0 Å². The van der Waals surface area contributed by atoms with E-state index in [-0.39, 0.29) is 0 Å². The standard InChI is InChI=1S/C7H11N3O/c1-7(2,5-11)6-4-8-9-10(6)3/h4-5H,1-3H3. The smallest absolute Gasteiger partial charge is 0.131 e. The maximum absolute atomic E-state index is 10.6. The Morgan fingerprint density at radius 3 is 2.64 bits per heavy atom. The van der Waals surface area contributed by atoms with Crippen LogP contribution in [0.4, 0.5) is 0 Å². The molecule has 0 aromatic carbocycles. The lowest BCUT2D eigenvalue weighted by Crippen LogP contribution is -2.22. The Hall–Kier alpha value is -1.19. The lowest BCUT2D eigenvalue weighted by Gasteiger charge is -2.15. The minimum absolute atomic E-state index is 0.488. The second-order valence-corrected chi connectivity index (χ2v) is 3.08. The summed E-state index contributed by atoms with van der Waals surface area (Å²) in [5.41, 5.74) is 0.339. The van der Waals surface area contributed by atoms with Crippen LogP contribution in [0.25, 0.3) is 0 Å². The van der Waals surface area contributed by atoms with Crippen molar-refractivity contribution in [2.75, 3.05) is 0 Å². The first-order valence-corrected chi connectivity index (χ1v) is 3.39. The number of nitrogens with zero attached hydrogens (tertiary/aromatic N) is 3. The van der Waals surface area contributed by atoms with Gasteiger partial charge in [0.2, 0.25) is 0 Å². The molecule has 0 saturated carbocycles. The molecular formula is C7H11N3O. The zero-order valence-electron chi connectivity index (χ0n) is 6.90. The topological polar surface area (TPSA) is 47.8 Å². The highest BCUT2D eigenvalue weighted by Gasteiger charge is 2.23. The van der Waals surface area contributed by atoms with Crippen LogP contribution in [0, 0.1) is 0 Å². The van der Waals surface area contributed by atoms with E-state index in [9.17, 15) is 4.79 Å². The predicted molar refractivity (Wildman–Crippen MR) is 40.1 cm³/mol. The Balaban J connectivity index is 3.10. The van der Waals surface area contributed by atoms with E-state index in [1.807, 2.05) is 13.8 Å². The average molecular weight is 153 g/mol. The first-order chi connectivity index (χ1) is 5.08. The average Bonchev–Trinajstić information content (AvgIpc) is 2.36. The van der Waals surface area contributed by atoms with Crippen molar-refractivity contribution in [2.45, 2.75) is 19.3 Å². The molecule has 0 unspecified atom stereocenters. The van der Waals surface area contributed by atoms with E-state index in [1.54, 1.807) is 17.9 Å². The van der Waals surface area contributed by atoms with Crippen LogP contribution in [0.1, 0.15) is 19.5 Å². The minimum Gasteiger partial charge on any atom is -0.302 e. The van der Waals surface area contributed by atoms with Crippen LogP contribution in [-0.4, -0.2) is 21.3 Å². The lowest BCUT2D eigenvalue weighted by molar-refractivity contribution is -0.111. The van der Waals surface area contributed by atoms with Crippen molar-refractivity contribution in [2.24, 2.45) is 7.05 Å². The van der Waals surface area contributed by atoms with Crippen molar-refractivity contribution in [3.63, 3.8) is 0 Å². The van der Waals surface area contributed by atoms with Crippen molar-refractivity contribution in [3.05, 3.63) is 11.9 Å². The Labute approximate surface area is 65.2 Å². The zero-order chi connectivity index (χ0) is 8.48.